The number of carbonyl (C=O) groups is 1. The van der Waals surface area contributed by atoms with Gasteiger partial charge in [-0.15, -0.1) is 0 Å². The van der Waals surface area contributed by atoms with Crippen LogP contribution in [0.4, 0.5) is 4.39 Å². The largest absolute Gasteiger partial charge is 0.481 e. The van der Waals surface area contributed by atoms with Crippen LogP contribution in [0.15, 0.2) is 35.3 Å². The van der Waals surface area contributed by atoms with Gasteiger partial charge in [-0.25, -0.2) is 4.39 Å². The van der Waals surface area contributed by atoms with Crippen molar-refractivity contribution in [2.75, 3.05) is 0 Å². The number of carboxylic acids is 1. The van der Waals surface area contributed by atoms with Gasteiger partial charge in [0.15, 0.2) is 0 Å². The maximum Gasteiger partial charge on any atom is 0.303 e. The number of fused-ring (bicyclic) bond motifs is 2. The first-order valence-electron chi connectivity index (χ1n) is 9.97. The number of aliphatic imine (C=N–C) groups is 1. The number of aromatic nitrogens is 1. The molecular formula is C24H25FN2O2. The molecule has 1 aromatic heterocycles. The van der Waals surface area contributed by atoms with Gasteiger partial charge in [0.05, 0.1) is 12.1 Å². The first-order valence-corrected chi connectivity index (χ1v) is 9.97. The van der Waals surface area contributed by atoms with E-state index in [-0.39, 0.29) is 18.2 Å². The topological polar surface area (TPSA) is 54.6 Å². The lowest BCUT2D eigenvalue weighted by Gasteiger charge is -2.16. The number of hydrogen-bond donors (Lipinski definition) is 1. The van der Waals surface area contributed by atoms with Crippen molar-refractivity contribution in [2.24, 2.45) is 4.99 Å². The highest BCUT2D eigenvalue weighted by Gasteiger charge is 2.24. The fourth-order valence-corrected chi connectivity index (χ4v) is 4.37. The van der Waals surface area contributed by atoms with Gasteiger partial charge in [-0.3, -0.25) is 9.79 Å². The maximum absolute atomic E-state index is 13.9. The smallest absolute Gasteiger partial charge is 0.303 e. The third-order valence-corrected chi connectivity index (χ3v) is 5.75. The zero-order chi connectivity index (χ0) is 20.9. The minimum absolute atomic E-state index is 0.0773. The van der Waals surface area contributed by atoms with E-state index in [1.807, 2.05) is 13.0 Å². The van der Waals surface area contributed by atoms with Crippen molar-refractivity contribution in [2.45, 2.75) is 53.0 Å². The molecule has 0 aliphatic carbocycles. The third-order valence-electron chi connectivity index (χ3n) is 5.75. The Morgan fingerprint density at radius 3 is 2.66 bits per heavy atom. The molecule has 0 saturated heterocycles. The molecule has 29 heavy (non-hydrogen) atoms. The van der Waals surface area contributed by atoms with Crippen LogP contribution < -0.4 is 0 Å². The summed E-state index contributed by atoms with van der Waals surface area (Å²) in [5, 5.41) is 10.4. The Balaban J connectivity index is 2.07. The minimum Gasteiger partial charge on any atom is -0.481 e. The highest BCUT2D eigenvalue weighted by molar-refractivity contribution is 6.05. The zero-order valence-corrected chi connectivity index (χ0v) is 17.2. The number of benzene rings is 2. The van der Waals surface area contributed by atoms with Crippen molar-refractivity contribution in [3.63, 3.8) is 0 Å². The van der Waals surface area contributed by atoms with Crippen molar-refractivity contribution in [1.82, 2.24) is 4.57 Å². The van der Waals surface area contributed by atoms with Gasteiger partial charge < -0.3 is 9.67 Å². The number of aliphatic carboxylic acids is 1. The van der Waals surface area contributed by atoms with Crippen LogP contribution in [0.3, 0.4) is 0 Å². The second kappa shape index (κ2) is 7.14. The summed E-state index contributed by atoms with van der Waals surface area (Å²) in [6, 6.07) is 9.47. The summed E-state index contributed by atoms with van der Waals surface area (Å²) in [7, 11) is 0. The number of halogens is 1. The highest BCUT2D eigenvalue weighted by atomic mass is 19.1. The van der Waals surface area contributed by atoms with Gasteiger partial charge in [-0.05, 0) is 73.2 Å². The van der Waals surface area contributed by atoms with Crippen LogP contribution in [0, 0.1) is 12.7 Å². The van der Waals surface area contributed by atoms with E-state index in [4.69, 9.17) is 0 Å². The summed E-state index contributed by atoms with van der Waals surface area (Å²) in [5.41, 5.74) is 7.98. The Morgan fingerprint density at radius 1 is 1.24 bits per heavy atom. The van der Waals surface area contributed by atoms with Crippen molar-refractivity contribution in [3.05, 3.63) is 64.1 Å². The molecule has 0 atom stereocenters. The van der Waals surface area contributed by atoms with Gasteiger partial charge in [-0.2, -0.15) is 0 Å². The number of hydrogen-bond acceptors (Lipinski definition) is 2. The first kappa shape index (κ1) is 19.4. The molecule has 1 aliphatic heterocycles. The lowest BCUT2D eigenvalue weighted by atomic mass is 9.97. The molecule has 0 saturated carbocycles. The average Bonchev–Trinajstić information content (AvgIpc) is 3.18. The molecule has 3 aromatic rings. The maximum atomic E-state index is 13.9. The lowest BCUT2D eigenvalue weighted by Crippen LogP contribution is -2.06. The Bertz CT molecular complexity index is 1170. The quantitative estimate of drug-likeness (QED) is 0.620. The summed E-state index contributed by atoms with van der Waals surface area (Å²) in [4.78, 5) is 15.9. The van der Waals surface area contributed by atoms with Crippen LogP contribution >= 0.6 is 0 Å². The molecule has 0 amide bonds. The fraction of sp³-hybridized carbons (Fsp3) is 0.333. The Hall–Kier alpha value is -2.95. The van der Waals surface area contributed by atoms with Crippen LogP contribution in [0.1, 0.15) is 61.1 Å². The first-order chi connectivity index (χ1) is 13.8. The van der Waals surface area contributed by atoms with Crippen LogP contribution in [-0.2, 0) is 17.8 Å². The Labute approximate surface area is 169 Å². The normalized spacial score (nSPS) is 13.2. The summed E-state index contributed by atoms with van der Waals surface area (Å²) in [6.45, 7) is 8.67. The molecule has 150 valence electrons. The van der Waals surface area contributed by atoms with Gasteiger partial charge in [0.25, 0.3) is 0 Å². The SMILES string of the molecule is CC1=NCc2cc3c(CCC(=O)O)c(C(C)C)n(-c4ccc(F)c(C)c4)c3cc21. The predicted molar refractivity (Wildman–Crippen MR) is 114 cm³/mol. The molecule has 1 aliphatic rings. The zero-order valence-electron chi connectivity index (χ0n) is 17.2. The second-order valence-electron chi connectivity index (χ2n) is 8.11. The number of nitrogens with zero attached hydrogens (tertiary/aromatic N) is 2. The van der Waals surface area contributed by atoms with E-state index in [1.165, 1.54) is 11.6 Å². The van der Waals surface area contributed by atoms with Gasteiger partial charge in [-0.1, -0.05) is 13.8 Å². The van der Waals surface area contributed by atoms with Gasteiger partial charge in [0, 0.05) is 34.5 Å². The highest BCUT2D eigenvalue weighted by Crippen LogP contribution is 2.38. The fourth-order valence-electron chi connectivity index (χ4n) is 4.37. The van der Waals surface area contributed by atoms with Crippen LogP contribution in [0.25, 0.3) is 16.6 Å². The van der Waals surface area contributed by atoms with Crippen molar-refractivity contribution >= 4 is 22.6 Å². The molecule has 2 heterocycles. The molecule has 5 heteroatoms. The third kappa shape index (κ3) is 3.24. The molecule has 2 aromatic carbocycles. The molecule has 0 fully saturated rings. The molecule has 4 nitrogen and oxygen atoms in total. The number of carboxylic acid groups (broad SMARTS) is 1. The van der Waals surface area contributed by atoms with Gasteiger partial charge >= 0.3 is 5.97 Å². The van der Waals surface area contributed by atoms with Gasteiger partial charge in [0.2, 0.25) is 0 Å². The molecule has 0 bridgehead atoms. The molecule has 1 N–H and O–H groups in total. The van der Waals surface area contributed by atoms with Crippen molar-refractivity contribution in [1.29, 1.82) is 0 Å². The average molecular weight is 392 g/mol. The van der Waals surface area contributed by atoms with Crippen LogP contribution in [-0.4, -0.2) is 21.4 Å². The van der Waals surface area contributed by atoms with E-state index in [1.54, 1.807) is 13.0 Å². The van der Waals surface area contributed by atoms with E-state index in [9.17, 15) is 14.3 Å². The second-order valence-corrected chi connectivity index (χ2v) is 8.11. The summed E-state index contributed by atoms with van der Waals surface area (Å²) >= 11 is 0. The molecule has 4 rings (SSSR count). The molecule has 0 radical (unpaired) electrons. The number of aryl methyl sites for hydroxylation is 2. The Kier molecular flexibility index (Phi) is 4.77. The van der Waals surface area contributed by atoms with E-state index < -0.39 is 5.97 Å². The van der Waals surface area contributed by atoms with E-state index in [0.29, 0.717) is 18.5 Å². The van der Waals surface area contributed by atoms with Crippen molar-refractivity contribution in [3.8, 4) is 5.69 Å². The van der Waals surface area contributed by atoms with Gasteiger partial charge in [0.1, 0.15) is 5.82 Å². The summed E-state index contributed by atoms with van der Waals surface area (Å²) in [6.07, 6.45) is 0.541. The van der Waals surface area contributed by atoms with Crippen molar-refractivity contribution < 1.29 is 14.3 Å². The predicted octanol–water partition coefficient (Wildman–Crippen LogP) is 5.54. The minimum atomic E-state index is -0.807. The van der Waals surface area contributed by atoms with E-state index >= 15 is 0 Å². The lowest BCUT2D eigenvalue weighted by molar-refractivity contribution is -0.136. The van der Waals surface area contributed by atoms with E-state index in [0.717, 1.165) is 39.1 Å². The molecular weight excluding hydrogens is 367 g/mol. The molecule has 0 unspecified atom stereocenters. The van der Waals surface area contributed by atoms with Crippen LogP contribution in [0.5, 0.6) is 0 Å². The summed E-state index contributed by atoms with van der Waals surface area (Å²) in [5.74, 6) is -0.856. The van der Waals surface area contributed by atoms with Crippen LogP contribution in [0.2, 0.25) is 0 Å². The van der Waals surface area contributed by atoms with E-state index in [2.05, 4.69) is 35.5 Å². The number of rotatable bonds is 5. The summed E-state index contributed by atoms with van der Waals surface area (Å²) < 4.78 is 16.1. The standard InChI is InChI=1S/C24H25FN2O2/c1-13(2)24-18(6-8-23(28)29)20-10-16-12-26-15(4)19(16)11-22(20)27(24)17-5-7-21(25)14(3)9-17/h5,7,9-11,13H,6,8,12H2,1-4H3,(H,28,29). The monoisotopic (exact) mass is 392 g/mol. The Morgan fingerprint density at radius 2 is 2.00 bits per heavy atom. The molecule has 0 spiro atoms.